The molecule has 134 valence electrons. The van der Waals surface area contributed by atoms with Crippen molar-refractivity contribution >= 4 is 28.1 Å². The number of carbonyl (C=O) groups is 1. The molecule has 0 unspecified atom stereocenters. The van der Waals surface area contributed by atoms with Crippen LogP contribution in [0.2, 0.25) is 0 Å². The summed E-state index contributed by atoms with van der Waals surface area (Å²) in [5.74, 6) is -0.119. The van der Waals surface area contributed by atoms with Crippen molar-refractivity contribution in [3.8, 4) is 0 Å². The molecule has 2 N–H and O–H groups in total. The van der Waals surface area contributed by atoms with Crippen LogP contribution in [-0.4, -0.2) is 71.0 Å². The lowest BCUT2D eigenvalue weighted by Gasteiger charge is -2.35. The number of methoxy groups -OCH3 is 1. The highest BCUT2D eigenvalue weighted by molar-refractivity contribution is 7.15. The molecule has 0 aliphatic carbocycles. The predicted octanol–water partition coefficient (Wildman–Crippen LogP) is -0.471. The predicted molar refractivity (Wildman–Crippen MR) is 92.8 cm³/mol. The summed E-state index contributed by atoms with van der Waals surface area (Å²) < 4.78 is 4.98. The topological polar surface area (TPSA) is 116 Å². The molecule has 0 aromatic carbocycles. The van der Waals surface area contributed by atoms with E-state index in [-0.39, 0.29) is 11.5 Å². The highest BCUT2D eigenvalue weighted by atomic mass is 32.1. The zero-order chi connectivity index (χ0) is 17.6. The highest BCUT2D eigenvalue weighted by Gasteiger charge is 2.20. The van der Waals surface area contributed by atoms with E-state index in [0.717, 1.165) is 36.9 Å². The first kappa shape index (κ1) is 17.5. The summed E-state index contributed by atoms with van der Waals surface area (Å²) in [7, 11) is 1.58. The van der Waals surface area contributed by atoms with E-state index in [2.05, 4.69) is 35.5 Å². The average molecular weight is 365 g/mol. The van der Waals surface area contributed by atoms with E-state index < -0.39 is 0 Å². The number of hydrogen-bond donors (Lipinski definition) is 2. The number of carbonyl (C=O) groups excluding carboxylic acids is 1. The second kappa shape index (κ2) is 8.14. The van der Waals surface area contributed by atoms with Crippen LogP contribution >= 0.6 is 11.3 Å². The van der Waals surface area contributed by atoms with Gasteiger partial charge in [-0.25, -0.2) is 5.10 Å². The Bertz CT molecular complexity index is 770. The smallest absolute Gasteiger partial charge is 0.266 e. The van der Waals surface area contributed by atoms with Crippen molar-refractivity contribution in [1.29, 1.82) is 0 Å². The molecule has 1 saturated heterocycles. The number of aromatic amines is 1. The van der Waals surface area contributed by atoms with E-state index in [4.69, 9.17) is 4.74 Å². The Morgan fingerprint density at radius 3 is 2.88 bits per heavy atom. The van der Waals surface area contributed by atoms with Crippen molar-refractivity contribution in [2.24, 2.45) is 0 Å². The van der Waals surface area contributed by atoms with Crippen molar-refractivity contribution in [2.45, 2.75) is 6.61 Å². The van der Waals surface area contributed by atoms with Gasteiger partial charge in [0.15, 0.2) is 0 Å². The summed E-state index contributed by atoms with van der Waals surface area (Å²) in [5, 5.41) is 18.0. The number of nitrogens with zero attached hydrogens (tertiary/aromatic N) is 5. The average Bonchev–Trinajstić information content (AvgIpc) is 3.03. The summed E-state index contributed by atoms with van der Waals surface area (Å²) in [4.78, 5) is 27.6. The Hall–Kier alpha value is -2.37. The van der Waals surface area contributed by atoms with Gasteiger partial charge in [-0.1, -0.05) is 11.3 Å². The van der Waals surface area contributed by atoms with Gasteiger partial charge < -0.3 is 9.64 Å². The van der Waals surface area contributed by atoms with Crippen LogP contribution < -0.4 is 15.8 Å². The molecule has 2 aromatic heterocycles. The first-order chi connectivity index (χ1) is 12.1. The van der Waals surface area contributed by atoms with Crippen LogP contribution in [0.15, 0.2) is 17.1 Å². The normalized spacial score (nSPS) is 15.3. The molecule has 25 heavy (non-hydrogen) atoms. The maximum atomic E-state index is 12.1. The Morgan fingerprint density at radius 2 is 2.16 bits per heavy atom. The third kappa shape index (κ3) is 4.81. The van der Waals surface area contributed by atoms with Gasteiger partial charge in [0.2, 0.25) is 11.0 Å². The van der Waals surface area contributed by atoms with Gasteiger partial charge in [-0.05, 0) is 0 Å². The molecular formula is C14H19N7O3S. The lowest BCUT2D eigenvalue weighted by atomic mass is 10.3. The summed E-state index contributed by atoms with van der Waals surface area (Å²) in [6, 6.07) is 1.53. The molecule has 3 heterocycles. The molecule has 1 fully saturated rings. The summed E-state index contributed by atoms with van der Waals surface area (Å²) in [6.07, 6.45) is 1.64. The van der Waals surface area contributed by atoms with Crippen molar-refractivity contribution < 1.29 is 9.53 Å². The van der Waals surface area contributed by atoms with Crippen molar-refractivity contribution in [3.05, 3.63) is 27.6 Å². The molecule has 10 nitrogen and oxygen atoms in total. The van der Waals surface area contributed by atoms with Crippen molar-refractivity contribution in [3.63, 3.8) is 0 Å². The standard InChI is InChI=1S/C14H19N7O3S/c1-24-9-13-18-19-14(25-13)16-12(23)8-20-2-4-21(5-3-20)10-6-11(22)17-15-7-10/h6-7H,2-5,8-9H2,1H3,(H,17,22)(H,16,19,23). The van der Waals surface area contributed by atoms with Gasteiger partial charge in [0, 0.05) is 39.4 Å². The third-order valence-corrected chi connectivity index (χ3v) is 4.55. The minimum Gasteiger partial charge on any atom is -0.377 e. The molecule has 1 aliphatic heterocycles. The highest BCUT2D eigenvalue weighted by Crippen LogP contribution is 2.16. The van der Waals surface area contributed by atoms with Crippen LogP contribution in [0.4, 0.5) is 10.8 Å². The van der Waals surface area contributed by atoms with E-state index >= 15 is 0 Å². The largest absolute Gasteiger partial charge is 0.377 e. The van der Waals surface area contributed by atoms with E-state index in [0.29, 0.717) is 18.3 Å². The van der Waals surface area contributed by atoms with Gasteiger partial charge in [0.1, 0.15) is 11.6 Å². The van der Waals surface area contributed by atoms with Crippen LogP contribution in [-0.2, 0) is 16.1 Å². The number of rotatable bonds is 6. The summed E-state index contributed by atoms with van der Waals surface area (Å²) >= 11 is 1.30. The maximum absolute atomic E-state index is 12.1. The minimum atomic E-state index is -0.218. The zero-order valence-electron chi connectivity index (χ0n) is 13.8. The number of ether oxygens (including phenoxy) is 1. The number of piperazine rings is 1. The van der Waals surface area contributed by atoms with Crippen LogP contribution in [0.3, 0.4) is 0 Å². The number of hydrogen-bond acceptors (Lipinski definition) is 9. The summed E-state index contributed by atoms with van der Waals surface area (Å²) in [5.41, 5.74) is 0.580. The lowest BCUT2D eigenvalue weighted by Crippen LogP contribution is -2.48. The van der Waals surface area contributed by atoms with Gasteiger partial charge in [0.25, 0.3) is 5.56 Å². The summed E-state index contributed by atoms with van der Waals surface area (Å²) in [6.45, 7) is 3.59. The van der Waals surface area contributed by atoms with E-state index in [9.17, 15) is 9.59 Å². The monoisotopic (exact) mass is 365 g/mol. The number of aromatic nitrogens is 4. The molecule has 0 saturated carbocycles. The Kier molecular flexibility index (Phi) is 5.68. The molecule has 0 atom stereocenters. The number of nitrogens with one attached hydrogen (secondary N) is 2. The first-order valence-electron chi connectivity index (χ1n) is 7.77. The fraction of sp³-hybridized carbons (Fsp3) is 0.500. The molecule has 11 heteroatoms. The van der Waals surface area contributed by atoms with Crippen LogP contribution in [0.1, 0.15) is 5.01 Å². The SMILES string of the molecule is COCc1nnc(NC(=O)CN2CCN(c3cn[nH]c(=O)c3)CC2)s1. The van der Waals surface area contributed by atoms with Crippen LogP contribution in [0, 0.1) is 0 Å². The first-order valence-corrected chi connectivity index (χ1v) is 8.59. The number of anilines is 2. The molecule has 2 aromatic rings. The molecule has 0 radical (unpaired) electrons. The molecule has 1 amide bonds. The molecular weight excluding hydrogens is 346 g/mol. The molecule has 3 rings (SSSR count). The third-order valence-electron chi connectivity index (χ3n) is 3.74. The van der Waals surface area contributed by atoms with Crippen LogP contribution in [0.25, 0.3) is 0 Å². The van der Waals surface area contributed by atoms with Gasteiger partial charge in [-0.2, -0.15) is 5.10 Å². The Labute approximate surface area is 147 Å². The minimum absolute atomic E-state index is 0.119. The van der Waals surface area contributed by atoms with Gasteiger partial charge in [0.05, 0.1) is 18.4 Å². The Balaban J connectivity index is 1.46. The second-order valence-electron chi connectivity index (χ2n) is 5.55. The lowest BCUT2D eigenvalue weighted by molar-refractivity contribution is -0.117. The maximum Gasteiger partial charge on any atom is 0.266 e. The molecule has 0 spiro atoms. The fourth-order valence-electron chi connectivity index (χ4n) is 2.55. The number of H-pyrrole nitrogens is 1. The zero-order valence-corrected chi connectivity index (χ0v) is 14.6. The van der Waals surface area contributed by atoms with Gasteiger partial charge >= 0.3 is 0 Å². The molecule has 0 bridgehead atoms. The van der Waals surface area contributed by atoms with E-state index in [1.165, 1.54) is 17.4 Å². The van der Waals surface area contributed by atoms with E-state index in [1.54, 1.807) is 13.3 Å². The van der Waals surface area contributed by atoms with Crippen LogP contribution in [0.5, 0.6) is 0 Å². The quantitative estimate of drug-likeness (QED) is 0.706. The van der Waals surface area contributed by atoms with Crippen molar-refractivity contribution in [2.75, 3.05) is 50.1 Å². The van der Waals surface area contributed by atoms with Gasteiger partial charge in [-0.3, -0.25) is 19.8 Å². The van der Waals surface area contributed by atoms with Gasteiger partial charge in [-0.15, -0.1) is 10.2 Å². The van der Waals surface area contributed by atoms with E-state index in [1.807, 2.05) is 0 Å². The Morgan fingerprint density at radius 1 is 1.36 bits per heavy atom. The second-order valence-corrected chi connectivity index (χ2v) is 6.61. The van der Waals surface area contributed by atoms with Crippen molar-refractivity contribution in [1.82, 2.24) is 25.3 Å². The number of amides is 1. The fourth-order valence-corrected chi connectivity index (χ4v) is 3.28. The molecule has 1 aliphatic rings.